The largest absolute Gasteiger partial charge is 0.493 e. The van der Waals surface area contributed by atoms with Gasteiger partial charge in [-0.1, -0.05) is 17.7 Å². The van der Waals surface area contributed by atoms with Crippen LogP contribution in [0.15, 0.2) is 42.5 Å². The summed E-state index contributed by atoms with van der Waals surface area (Å²) in [5.41, 5.74) is 1.38. The molecule has 1 amide bonds. The van der Waals surface area contributed by atoms with E-state index in [9.17, 15) is 4.79 Å². The molecule has 1 fully saturated rings. The molecule has 1 heterocycles. The lowest BCUT2D eigenvalue weighted by molar-refractivity contribution is 0.0857. The zero-order valence-electron chi connectivity index (χ0n) is 15.4. The maximum absolute atomic E-state index is 12.5. The fourth-order valence-corrected chi connectivity index (χ4v) is 3.14. The summed E-state index contributed by atoms with van der Waals surface area (Å²) in [7, 11) is 0. The molecule has 0 aliphatic carbocycles. The maximum Gasteiger partial charge on any atom is 0.251 e. The Morgan fingerprint density at radius 1 is 1.26 bits per heavy atom. The van der Waals surface area contributed by atoms with Gasteiger partial charge in [-0.2, -0.15) is 0 Å². The lowest BCUT2D eigenvalue weighted by Crippen LogP contribution is -2.31. The molecule has 2 aromatic rings. The number of hydrogen-bond acceptors (Lipinski definition) is 4. The minimum Gasteiger partial charge on any atom is -0.493 e. The van der Waals surface area contributed by atoms with Crippen molar-refractivity contribution in [2.24, 2.45) is 0 Å². The number of carbonyl (C=O) groups excluding carboxylic acids is 1. The Morgan fingerprint density at radius 2 is 2.15 bits per heavy atom. The summed E-state index contributed by atoms with van der Waals surface area (Å²) in [6.07, 6.45) is 2.15. The molecule has 1 N–H and O–H groups in total. The zero-order valence-corrected chi connectivity index (χ0v) is 16.1. The third-order valence-corrected chi connectivity index (χ3v) is 4.56. The standard InChI is InChI=1S/C21H24ClNO4/c1-2-25-20-9-8-15(21(24)23-13-19-7-4-10-26-19)11-16(20)14-27-18-6-3-5-17(22)12-18/h3,5-6,8-9,11-12,19H,2,4,7,10,13-14H2,1H3,(H,23,24)/t19-/m0/s1. The monoisotopic (exact) mass is 389 g/mol. The minimum absolute atomic E-state index is 0.113. The second-order valence-electron chi connectivity index (χ2n) is 6.35. The first-order valence-electron chi connectivity index (χ1n) is 9.19. The molecule has 6 heteroatoms. The van der Waals surface area contributed by atoms with Gasteiger partial charge in [0.2, 0.25) is 0 Å². The van der Waals surface area contributed by atoms with Crippen LogP contribution < -0.4 is 14.8 Å². The highest BCUT2D eigenvalue weighted by molar-refractivity contribution is 6.30. The Bertz CT molecular complexity index is 775. The summed E-state index contributed by atoms with van der Waals surface area (Å²) in [6, 6.07) is 12.6. The van der Waals surface area contributed by atoms with E-state index in [1.807, 2.05) is 19.1 Å². The average molecular weight is 390 g/mol. The van der Waals surface area contributed by atoms with Crippen LogP contribution in [0.4, 0.5) is 0 Å². The van der Waals surface area contributed by atoms with Crippen molar-refractivity contribution in [2.75, 3.05) is 19.8 Å². The van der Waals surface area contributed by atoms with Gasteiger partial charge in [0.25, 0.3) is 5.91 Å². The molecule has 1 atom stereocenters. The summed E-state index contributed by atoms with van der Waals surface area (Å²) in [4.78, 5) is 12.5. The highest BCUT2D eigenvalue weighted by atomic mass is 35.5. The predicted octanol–water partition coefficient (Wildman–Crippen LogP) is 4.23. The molecular formula is C21H24ClNO4. The third-order valence-electron chi connectivity index (χ3n) is 4.33. The average Bonchev–Trinajstić information content (AvgIpc) is 3.19. The number of amides is 1. The fraction of sp³-hybridized carbons (Fsp3) is 0.381. The summed E-state index contributed by atoms with van der Waals surface area (Å²) in [5.74, 6) is 1.24. The van der Waals surface area contributed by atoms with E-state index in [0.29, 0.717) is 35.2 Å². The summed E-state index contributed by atoms with van der Waals surface area (Å²) < 4.78 is 17.0. The molecule has 0 unspecified atom stereocenters. The maximum atomic E-state index is 12.5. The van der Waals surface area contributed by atoms with Crippen LogP contribution in [0.1, 0.15) is 35.7 Å². The van der Waals surface area contributed by atoms with Gasteiger partial charge in [0.05, 0.1) is 12.7 Å². The zero-order chi connectivity index (χ0) is 19.1. The number of hydrogen-bond donors (Lipinski definition) is 1. The van der Waals surface area contributed by atoms with Crippen LogP contribution in [0.3, 0.4) is 0 Å². The molecule has 1 aliphatic rings. The fourth-order valence-electron chi connectivity index (χ4n) is 2.96. The van der Waals surface area contributed by atoms with Crippen molar-refractivity contribution in [1.29, 1.82) is 0 Å². The number of halogens is 1. The Labute approximate surface area is 164 Å². The number of ether oxygens (including phenoxy) is 3. The first kappa shape index (κ1) is 19.5. The quantitative estimate of drug-likeness (QED) is 0.734. The number of benzene rings is 2. The molecule has 5 nitrogen and oxygen atoms in total. The van der Waals surface area contributed by atoms with Crippen molar-refractivity contribution in [2.45, 2.75) is 32.5 Å². The molecule has 1 saturated heterocycles. The van der Waals surface area contributed by atoms with Crippen molar-refractivity contribution < 1.29 is 19.0 Å². The van der Waals surface area contributed by atoms with Gasteiger partial charge in [-0.3, -0.25) is 4.79 Å². The van der Waals surface area contributed by atoms with E-state index >= 15 is 0 Å². The van der Waals surface area contributed by atoms with Gasteiger partial charge in [-0.25, -0.2) is 0 Å². The van der Waals surface area contributed by atoms with Crippen molar-refractivity contribution in [3.05, 3.63) is 58.6 Å². The lowest BCUT2D eigenvalue weighted by Gasteiger charge is -2.14. The second-order valence-corrected chi connectivity index (χ2v) is 6.78. The molecular weight excluding hydrogens is 366 g/mol. The Hall–Kier alpha value is -2.24. The summed E-state index contributed by atoms with van der Waals surface area (Å²) in [5, 5.41) is 3.55. The first-order chi connectivity index (χ1) is 13.2. The van der Waals surface area contributed by atoms with Crippen LogP contribution in [-0.2, 0) is 11.3 Å². The molecule has 0 radical (unpaired) electrons. The summed E-state index contributed by atoms with van der Waals surface area (Å²) in [6.45, 7) is 4.04. The molecule has 1 aliphatic heterocycles. The molecule has 27 heavy (non-hydrogen) atoms. The Morgan fingerprint density at radius 3 is 2.89 bits per heavy atom. The van der Waals surface area contributed by atoms with Crippen LogP contribution in [0.2, 0.25) is 5.02 Å². The third kappa shape index (κ3) is 5.62. The molecule has 0 saturated carbocycles. The first-order valence-corrected chi connectivity index (χ1v) is 9.57. The summed E-state index contributed by atoms with van der Waals surface area (Å²) >= 11 is 6.00. The van der Waals surface area contributed by atoms with Gasteiger partial charge in [-0.15, -0.1) is 0 Å². The van der Waals surface area contributed by atoms with E-state index in [2.05, 4.69) is 5.32 Å². The predicted molar refractivity (Wildman–Crippen MR) is 105 cm³/mol. The molecule has 0 bridgehead atoms. The number of nitrogens with one attached hydrogen (secondary N) is 1. The second kappa shape index (κ2) is 9.62. The van der Waals surface area contributed by atoms with Crippen molar-refractivity contribution in [3.8, 4) is 11.5 Å². The number of carbonyl (C=O) groups is 1. The van der Waals surface area contributed by atoms with Crippen LogP contribution in [-0.4, -0.2) is 31.8 Å². The van der Waals surface area contributed by atoms with E-state index in [1.165, 1.54) is 0 Å². The van der Waals surface area contributed by atoms with E-state index in [-0.39, 0.29) is 18.6 Å². The topological polar surface area (TPSA) is 56.8 Å². The van der Waals surface area contributed by atoms with E-state index in [0.717, 1.165) is 25.0 Å². The van der Waals surface area contributed by atoms with Gasteiger partial charge in [-0.05, 0) is 56.2 Å². The molecule has 144 valence electrons. The van der Waals surface area contributed by atoms with Crippen LogP contribution >= 0.6 is 11.6 Å². The van der Waals surface area contributed by atoms with Crippen LogP contribution in [0, 0.1) is 0 Å². The van der Waals surface area contributed by atoms with Crippen molar-refractivity contribution in [3.63, 3.8) is 0 Å². The van der Waals surface area contributed by atoms with E-state index < -0.39 is 0 Å². The Balaban J connectivity index is 1.68. The Kier molecular flexibility index (Phi) is 6.96. The lowest BCUT2D eigenvalue weighted by atomic mass is 10.1. The highest BCUT2D eigenvalue weighted by Gasteiger charge is 2.17. The van der Waals surface area contributed by atoms with E-state index in [4.69, 9.17) is 25.8 Å². The van der Waals surface area contributed by atoms with Gasteiger partial charge in [0, 0.05) is 29.3 Å². The highest BCUT2D eigenvalue weighted by Crippen LogP contribution is 2.24. The van der Waals surface area contributed by atoms with Gasteiger partial charge >= 0.3 is 0 Å². The smallest absolute Gasteiger partial charge is 0.251 e. The SMILES string of the molecule is CCOc1ccc(C(=O)NC[C@@H]2CCCO2)cc1COc1cccc(Cl)c1. The van der Waals surface area contributed by atoms with Crippen molar-refractivity contribution >= 4 is 17.5 Å². The normalized spacial score (nSPS) is 16.1. The van der Waals surface area contributed by atoms with Gasteiger partial charge in [0.1, 0.15) is 18.1 Å². The number of rotatable bonds is 8. The minimum atomic E-state index is -0.127. The molecule has 2 aromatic carbocycles. The molecule has 3 rings (SSSR count). The molecule has 0 aromatic heterocycles. The molecule has 0 spiro atoms. The van der Waals surface area contributed by atoms with Gasteiger partial charge < -0.3 is 19.5 Å². The van der Waals surface area contributed by atoms with Crippen LogP contribution in [0.25, 0.3) is 0 Å². The van der Waals surface area contributed by atoms with Crippen molar-refractivity contribution in [1.82, 2.24) is 5.32 Å². The van der Waals surface area contributed by atoms with Crippen LogP contribution in [0.5, 0.6) is 11.5 Å². The van der Waals surface area contributed by atoms with Gasteiger partial charge in [0.15, 0.2) is 0 Å². The van der Waals surface area contributed by atoms with E-state index in [1.54, 1.807) is 30.3 Å².